The lowest BCUT2D eigenvalue weighted by molar-refractivity contribution is -0.384. The Morgan fingerprint density at radius 1 is 1.05 bits per heavy atom. The van der Waals surface area contributed by atoms with Crippen molar-refractivity contribution in [2.45, 2.75) is 20.8 Å². The molecule has 2 rings (SSSR count). The van der Waals surface area contributed by atoms with Gasteiger partial charge in [0, 0.05) is 12.1 Å². The monoisotopic (exact) mass is 285 g/mol. The summed E-state index contributed by atoms with van der Waals surface area (Å²) in [6.07, 6.45) is 0. The number of hydrogen-bond acceptors (Lipinski definition) is 4. The van der Waals surface area contributed by atoms with Crippen LogP contribution in [0.3, 0.4) is 0 Å². The summed E-state index contributed by atoms with van der Waals surface area (Å²) in [5, 5.41) is 10.6. The molecule has 0 radical (unpaired) electrons. The fraction of sp³-hybridized carbons (Fsp3) is 0.188. The molecule has 5 heteroatoms. The van der Waals surface area contributed by atoms with E-state index in [2.05, 4.69) is 0 Å². The third-order valence-corrected chi connectivity index (χ3v) is 3.11. The summed E-state index contributed by atoms with van der Waals surface area (Å²) in [5.41, 5.74) is 3.07. The van der Waals surface area contributed by atoms with Crippen molar-refractivity contribution in [2.75, 3.05) is 0 Å². The topological polar surface area (TPSA) is 69.4 Å². The fourth-order valence-electron chi connectivity index (χ4n) is 2.20. The molecule has 21 heavy (non-hydrogen) atoms. The molecule has 2 aromatic carbocycles. The van der Waals surface area contributed by atoms with Crippen LogP contribution in [0.2, 0.25) is 0 Å². The summed E-state index contributed by atoms with van der Waals surface area (Å²) >= 11 is 0. The molecule has 5 nitrogen and oxygen atoms in total. The van der Waals surface area contributed by atoms with Gasteiger partial charge in [0.05, 0.1) is 10.5 Å². The molecule has 0 aromatic heterocycles. The van der Waals surface area contributed by atoms with Gasteiger partial charge >= 0.3 is 5.97 Å². The van der Waals surface area contributed by atoms with Crippen molar-refractivity contribution in [3.8, 4) is 5.75 Å². The quantitative estimate of drug-likeness (QED) is 0.373. The molecule has 0 aliphatic carbocycles. The number of hydrogen-bond donors (Lipinski definition) is 0. The first-order valence-corrected chi connectivity index (χ1v) is 6.43. The molecular weight excluding hydrogens is 270 g/mol. The maximum Gasteiger partial charge on any atom is 0.343 e. The molecular formula is C16H15NO4. The highest BCUT2D eigenvalue weighted by molar-refractivity contribution is 5.91. The van der Waals surface area contributed by atoms with Crippen LogP contribution in [0.25, 0.3) is 0 Å². The van der Waals surface area contributed by atoms with Crippen molar-refractivity contribution in [3.63, 3.8) is 0 Å². The van der Waals surface area contributed by atoms with E-state index in [4.69, 9.17) is 4.74 Å². The highest BCUT2D eigenvalue weighted by Gasteiger charge is 2.14. The molecule has 0 amide bonds. The number of ether oxygens (including phenoxy) is 1. The smallest absolute Gasteiger partial charge is 0.343 e. The zero-order valence-corrected chi connectivity index (χ0v) is 12.0. The molecule has 2 aromatic rings. The van der Waals surface area contributed by atoms with Gasteiger partial charge in [-0.1, -0.05) is 17.7 Å². The van der Waals surface area contributed by atoms with Crippen LogP contribution in [-0.2, 0) is 0 Å². The summed E-state index contributed by atoms with van der Waals surface area (Å²) in [6, 6.07) is 9.21. The van der Waals surface area contributed by atoms with Crippen LogP contribution in [0.15, 0.2) is 36.4 Å². The summed E-state index contributed by atoms with van der Waals surface area (Å²) in [6.45, 7) is 5.72. The Balaban J connectivity index is 2.24. The van der Waals surface area contributed by atoms with E-state index in [0.29, 0.717) is 5.75 Å². The number of nitro groups is 1. The number of nitro benzene ring substituents is 1. The predicted molar refractivity (Wildman–Crippen MR) is 78.7 cm³/mol. The highest BCUT2D eigenvalue weighted by Crippen LogP contribution is 2.25. The standard InChI is InChI=1S/C16H15NO4/c1-10-8-11(2)15(12(3)9-10)21-16(18)13-4-6-14(7-5-13)17(19)20/h4-9H,1-3H3. The molecule has 0 bridgehead atoms. The fourth-order valence-corrected chi connectivity index (χ4v) is 2.20. The van der Waals surface area contributed by atoms with E-state index < -0.39 is 10.9 Å². The van der Waals surface area contributed by atoms with Gasteiger partial charge in [-0.05, 0) is 44.0 Å². The number of carbonyl (C=O) groups is 1. The van der Waals surface area contributed by atoms with Crippen LogP contribution >= 0.6 is 0 Å². The van der Waals surface area contributed by atoms with Gasteiger partial charge in [0.25, 0.3) is 5.69 Å². The Labute approximate surface area is 122 Å². The second-order valence-electron chi connectivity index (χ2n) is 4.92. The molecule has 0 saturated carbocycles. The van der Waals surface area contributed by atoms with Gasteiger partial charge in [0.1, 0.15) is 5.75 Å². The van der Waals surface area contributed by atoms with E-state index in [0.717, 1.165) is 16.7 Å². The first-order valence-electron chi connectivity index (χ1n) is 6.43. The van der Waals surface area contributed by atoms with Crippen molar-refractivity contribution in [1.29, 1.82) is 0 Å². The lowest BCUT2D eigenvalue weighted by atomic mass is 10.1. The number of aryl methyl sites for hydroxylation is 3. The third kappa shape index (κ3) is 3.25. The second-order valence-corrected chi connectivity index (χ2v) is 4.92. The minimum absolute atomic E-state index is 0.0609. The number of esters is 1. The van der Waals surface area contributed by atoms with E-state index in [1.807, 2.05) is 32.9 Å². The summed E-state index contributed by atoms with van der Waals surface area (Å²) in [4.78, 5) is 22.2. The lowest BCUT2D eigenvalue weighted by Gasteiger charge is -2.11. The van der Waals surface area contributed by atoms with E-state index in [1.165, 1.54) is 24.3 Å². The van der Waals surface area contributed by atoms with Crippen LogP contribution in [0.5, 0.6) is 5.75 Å². The Kier molecular flexibility index (Phi) is 4.03. The number of carbonyl (C=O) groups excluding carboxylic acids is 1. The largest absolute Gasteiger partial charge is 0.422 e. The van der Waals surface area contributed by atoms with Gasteiger partial charge in [0.15, 0.2) is 0 Å². The van der Waals surface area contributed by atoms with Crippen molar-refractivity contribution in [3.05, 3.63) is 68.8 Å². The van der Waals surface area contributed by atoms with Gasteiger partial charge < -0.3 is 4.74 Å². The highest BCUT2D eigenvalue weighted by atomic mass is 16.6. The van der Waals surface area contributed by atoms with Crippen molar-refractivity contribution in [2.24, 2.45) is 0 Å². The van der Waals surface area contributed by atoms with Crippen molar-refractivity contribution >= 4 is 11.7 Å². The molecule has 0 N–H and O–H groups in total. The summed E-state index contributed by atoms with van der Waals surface area (Å²) < 4.78 is 5.41. The average Bonchev–Trinajstić information content (AvgIpc) is 2.42. The van der Waals surface area contributed by atoms with Gasteiger partial charge in [-0.25, -0.2) is 4.79 Å². The van der Waals surface area contributed by atoms with E-state index in [9.17, 15) is 14.9 Å². The first-order chi connectivity index (χ1) is 9.88. The van der Waals surface area contributed by atoms with Gasteiger partial charge in [-0.15, -0.1) is 0 Å². The van der Waals surface area contributed by atoms with Crippen LogP contribution in [0.4, 0.5) is 5.69 Å². The van der Waals surface area contributed by atoms with Crippen LogP contribution in [0, 0.1) is 30.9 Å². The molecule has 0 unspecified atom stereocenters. The zero-order chi connectivity index (χ0) is 15.6. The summed E-state index contributed by atoms with van der Waals surface area (Å²) in [7, 11) is 0. The second kappa shape index (κ2) is 5.75. The number of non-ortho nitro benzene ring substituents is 1. The minimum atomic E-state index is -0.528. The van der Waals surface area contributed by atoms with Crippen molar-refractivity contribution < 1.29 is 14.5 Å². The van der Waals surface area contributed by atoms with Crippen LogP contribution < -0.4 is 4.74 Å². The molecule has 108 valence electrons. The predicted octanol–water partition coefficient (Wildman–Crippen LogP) is 3.74. The Hall–Kier alpha value is -2.69. The van der Waals surface area contributed by atoms with Crippen LogP contribution in [0.1, 0.15) is 27.0 Å². The van der Waals surface area contributed by atoms with E-state index in [-0.39, 0.29) is 11.3 Å². The Bertz CT molecular complexity index is 682. The molecule has 0 fully saturated rings. The summed E-state index contributed by atoms with van der Waals surface area (Å²) in [5.74, 6) is 0.00361. The Morgan fingerprint density at radius 3 is 2.05 bits per heavy atom. The van der Waals surface area contributed by atoms with Gasteiger partial charge in [-0.3, -0.25) is 10.1 Å². The number of rotatable bonds is 3. The maximum atomic E-state index is 12.1. The number of nitrogens with zero attached hydrogens (tertiary/aromatic N) is 1. The molecule has 0 heterocycles. The van der Waals surface area contributed by atoms with Gasteiger partial charge in [-0.2, -0.15) is 0 Å². The molecule has 0 aliphatic heterocycles. The SMILES string of the molecule is Cc1cc(C)c(OC(=O)c2ccc([N+](=O)[O-])cc2)c(C)c1. The first kappa shape index (κ1) is 14.7. The molecule has 0 spiro atoms. The Morgan fingerprint density at radius 2 is 1.57 bits per heavy atom. The van der Waals surface area contributed by atoms with Gasteiger partial charge in [0.2, 0.25) is 0 Å². The lowest BCUT2D eigenvalue weighted by Crippen LogP contribution is -2.10. The van der Waals surface area contributed by atoms with E-state index in [1.54, 1.807) is 0 Å². The normalized spacial score (nSPS) is 10.2. The number of benzene rings is 2. The average molecular weight is 285 g/mol. The molecule has 0 saturated heterocycles. The maximum absolute atomic E-state index is 12.1. The minimum Gasteiger partial charge on any atom is -0.422 e. The molecule has 0 aliphatic rings. The van der Waals surface area contributed by atoms with E-state index >= 15 is 0 Å². The van der Waals surface area contributed by atoms with Crippen molar-refractivity contribution in [1.82, 2.24) is 0 Å². The zero-order valence-electron chi connectivity index (χ0n) is 12.0. The van der Waals surface area contributed by atoms with Crippen LogP contribution in [-0.4, -0.2) is 10.9 Å². The third-order valence-electron chi connectivity index (χ3n) is 3.11. The molecule has 0 atom stereocenters.